The molecule has 2 fully saturated rings. The first-order chi connectivity index (χ1) is 18.6. The van der Waals surface area contributed by atoms with E-state index in [1.165, 1.54) is 35.2 Å². The number of hydrogen-bond acceptors (Lipinski definition) is 7. The maximum Gasteiger partial charge on any atom is 0.295 e. The highest BCUT2D eigenvalue weighted by Crippen LogP contribution is 2.44. The summed E-state index contributed by atoms with van der Waals surface area (Å²) in [4.78, 5) is 46.1. The van der Waals surface area contributed by atoms with E-state index in [2.05, 4.69) is 10.1 Å². The zero-order valence-electron chi connectivity index (χ0n) is 20.5. The largest absolute Gasteiger partial charge is 0.379 e. The molecule has 0 spiro atoms. The summed E-state index contributed by atoms with van der Waals surface area (Å²) in [5.41, 5.74) is -2.27. The number of hydrogen-bond donors (Lipinski definition) is 1. The number of aliphatic hydroxyl groups is 1. The maximum atomic E-state index is 15.3. The summed E-state index contributed by atoms with van der Waals surface area (Å²) in [5.74, 6) is -3.33. The Morgan fingerprint density at radius 2 is 1.97 bits per heavy atom. The van der Waals surface area contributed by atoms with Gasteiger partial charge in [-0.2, -0.15) is 5.10 Å². The standard InChI is InChI=1S/C26H22ClF2N5O4S/c1-15(35)33(19-7-8-19)24(34-23(36)22(39-25(34)37)10-16-2-4-17(27)5-3-16)26(38,12-32-14-30-13-31-32)20-9-6-18(28)11-21(20)29/h2-6,9-11,13-14,19,24,38H,7-8,12H2,1H3/b22-10-. The third-order valence-corrected chi connectivity index (χ3v) is 7.63. The van der Waals surface area contributed by atoms with Gasteiger partial charge in [-0.1, -0.05) is 29.8 Å². The zero-order valence-corrected chi connectivity index (χ0v) is 22.1. The first kappa shape index (κ1) is 27.0. The van der Waals surface area contributed by atoms with Crippen molar-refractivity contribution in [3.63, 3.8) is 0 Å². The normalized spacial score (nSPS) is 18.9. The van der Waals surface area contributed by atoms with Crippen LogP contribution in [0.25, 0.3) is 6.08 Å². The fourth-order valence-electron chi connectivity index (χ4n) is 4.66. The Kier molecular flexibility index (Phi) is 7.27. The summed E-state index contributed by atoms with van der Waals surface area (Å²) in [5, 5.41) is 16.1. The fraction of sp³-hybridized carbons (Fsp3) is 0.269. The molecule has 2 aliphatic rings. The van der Waals surface area contributed by atoms with E-state index in [9.17, 15) is 23.9 Å². The highest BCUT2D eigenvalue weighted by molar-refractivity contribution is 8.18. The zero-order chi connectivity index (χ0) is 27.9. The van der Waals surface area contributed by atoms with Crippen LogP contribution in [0.4, 0.5) is 13.6 Å². The predicted molar refractivity (Wildman–Crippen MR) is 139 cm³/mol. The van der Waals surface area contributed by atoms with Crippen molar-refractivity contribution in [1.29, 1.82) is 0 Å². The first-order valence-electron chi connectivity index (χ1n) is 11.9. The minimum atomic E-state index is -2.44. The van der Waals surface area contributed by atoms with Gasteiger partial charge >= 0.3 is 0 Å². The van der Waals surface area contributed by atoms with E-state index in [0.29, 0.717) is 41.3 Å². The molecule has 13 heteroatoms. The molecule has 0 radical (unpaired) electrons. The lowest BCUT2D eigenvalue weighted by atomic mass is 9.87. The Balaban J connectivity index is 1.67. The molecule has 1 saturated carbocycles. The second-order valence-electron chi connectivity index (χ2n) is 9.28. The van der Waals surface area contributed by atoms with Crippen LogP contribution >= 0.6 is 23.4 Å². The molecule has 202 valence electrons. The number of carbonyl (C=O) groups is 3. The molecular formula is C26H22ClF2N5O4S. The molecule has 5 rings (SSSR count). The van der Waals surface area contributed by atoms with Gasteiger partial charge in [0, 0.05) is 29.6 Å². The van der Waals surface area contributed by atoms with E-state index < -0.39 is 58.6 Å². The Labute approximate surface area is 231 Å². The Bertz CT molecular complexity index is 1470. The van der Waals surface area contributed by atoms with Crippen LogP contribution in [0.15, 0.2) is 60.0 Å². The van der Waals surface area contributed by atoms with Crippen molar-refractivity contribution in [3.8, 4) is 0 Å². The van der Waals surface area contributed by atoms with E-state index in [1.807, 2.05) is 0 Å². The molecule has 9 nitrogen and oxygen atoms in total. The molecule has 0 bridgehead atoms. The van der Waals surface area contributed by atoms with Crippen LogP contribution in [0.2, 0.25) is 5.02 Å². The van der Waals surface area contributed by atoms with Crippen molar-refractivity contribution >= 4 is 46.5 Å². The minimum Gasteiger partial charge on any atom is -0.379 e. The van der Waals surface area contributed by atoms with Gasteiger partial charge in [-0.15, -0.1) is 0 Å². The van der Waals surface area contributed by atoms with Crippen molar-refractivity contribution in [2.45, 2.75) is 44.1 Å². The van der Waals surface area contributed by atoms with Gasteiger partial charge in [-0.25, -0.2) is 23.3 Å². The van der Waals surface area contributed by atoms with Crippen molar-refractivity contribution in [2.24, 2.45) is 0 Å². The predicted octanol–water partition coefficient (Wildman–Crippen LogP) is 4.17. The van der Waals surface area contributed by atoms with Crippen LogP contribution in [0.5, 0.6) is 0 Å². The average molecular weight is 574 g/mol. The van der Waals surface area contributed by atoms with Gasteiger partial charge in [0.05, 0.1) is 11.4 Å². The third-order valence-electron chi connectivity index (χ3n) is 6.50. The van der Waals surface area contributed by atoms with Crippen molar-refractivity contribution < 1.29 is 28.3 Å². The average Bonchev–Trinajstić information content (AvgIpc) is 3.51. The van der Waals surface area contributed by atoms with Gasteiger partial charge in [-0.05, 0) is 54.4 Å². The molecule has 3 aromatic rings. The number of rotatable bonds is 8. The lowest BCUT2D eigenvalue weighted by Crippen LogP contribution is -2.64. The number of imide groups is 1. The molecule has 2 unspecified atom stereocenters. The molecule has 1 N–H and O–H groups in total. The number of carbonyl (C=O) groups excluding carboxylic acids is 3. The van der Waals surface area contributed by atoms with E-state index >= 15 is 4.39 Å². The van der Waals surface area contributed by atoms with Crippen LogP contribution in [0.3, 0.4) is 0 Å². The molecule has 1 aliphatic heterocycles. The lowest BCUT2D eigenvalue weighted by molar-refractivity contribution is -0.162. The number of amides is 3. The second kappa shape index (κ2) is 10.5. The van der Waals surface area contributed by atoms with Gasteiger partial charge in [0.2, 0.25) is 5.91 Å². The summed E-state index contributed by atoms with van der Waals surface area (Å²) >= 11 is 6.57. The summed E-state index contributed by atoms with van der Waals surface area (Å²) in [6.07, 6.45) is 3.36. The monoisotopic (exact) mass is 573 g/mol. The molecule has 2 aromatic carbocycles. The number of aromatic nitrogens is 3. The summed E-state index contributed by atoms with van der Waals surface area (Å²) in [6.45, 7) is 0.736. The van der Waals surface area contributed by atoms with Crippen molar-refractivity contribution in [3.05, 3.63) is 87.8 Å². The third kappa shape index (κ3) is 5.32. The number of thioether (sulfide) groups is 1. The SMILES string of the molecule is CC(=O)N(C1CC1)C(N1C(=O)S/C(=C\c2ccc(Cl)cc2)C1=O)C(O)(Cn1cncn1)c1ccc(F)cc1F. The van der Waals surface area contributed by atoms with E-state index in [1.54, 1.807) is 24.3 Å². The summed E-state index contributed by atoms with van der Waals surface area (Å²) < 4.78 is 30.4. The molecule has 39 heavy (non-hydrogen) atoms. The quantitative estimate of drug-likeness (QED) is 0.403. The van der Waals surface area contributed by atoms with Crippen LogP contribution in [0, 0.1) is 11.6 Å². The Hall–Kier alpha value is -3.61. The molecule has 3 amide bonds. The number of benzene rings is 2. The summed E-state index contributed by atoms with van der Waals surface area (Å²) in [6, 6.07) is 8.73. The Morgan fingerprint density at radius 1 is 1.26 bits per heavy atom. The highest BCUT2D eigenvalue weighted by atomic mass is 35.5. The summed E-state index contributed by atoms with van der Waals surface area (Å²) in [7, 11) is 0. The topological polar surface area (TPSA) is 109 Å². The van der Waals surface area contributed by atoms with Crippen LogP contribution in [0.1, 0.15) is 30.9 Å². The lowest BCUT2D eigenvalue weighted by Gasteiger charge is -2.46. The smallest absolute Gasteiger partial charge is 0.295 e. The number of nitrogens with zero attached hydrogens (tertiary/aromatic N) is 5. The van der Waals surface area contributed by atoms with Crippen LogP contribution < -0.4 is 0 Å². The van der Waals surface area contributed by atoms with Gasteiger partial charge in [0.15, 0.2) is 11.8 Å². The second-order valence-corrected chi connectivity index (χ2v) is 10.7. The molecular weight excluding hydrogens is 552 g/mol. The molecule has 1 saturated heterocycles. The van der Waals surface area contributed by atoms with E-state index in [0.717, 1.165) is 17.0 Å². The minimum absolute atomic E-state index is 0.0364. The fourth-order valence-corrected chi connectivity index (χ4v) is 5.63. The van der Waals surface area contributed by atoms with Crippen molar-refractivity contribution in [2.75, 3.05) is 0 Å². The van der Waals surface area contributed by atoms with Crippen LogP contribution in [-0.2, 0) is 21.7 Å². The van der Waals surface area contributed by atoms with Crippen molar-refractivity contribution in [1.82, 2.24) is 24.6 Å². The molecule has 1 aliphatic carbocycles. The first-order valence-corrected chi connectivity index (χ1v) is 13.1. The van der Waals surface area contributed by atoms with Crippen LogP contribution in [-0.4, -0.2) is 58.9 Å². The molecule has 2 atom stereocenters. The number of halogens is 3. The van der Waals surface area contributed by atoms with Gasteiger partial charge in [0.25, 0.3) is 11.1 Å². The van der Waals surface area contributed by atoms with E-state index in [4.69, 9.17) is 11.6 Å². The van der Waals surface area contributed by atoms with Gasteiger partial charge < -0.3 is 10.0 Å². The Morgan fingerprint density at radius 3 is 2.56 bits per heavy atom. The van der Waals surface area contributed by atoms with Gasteiger partial charge in [-0.3, -0.25) is 14.4 Å². The highest BCUT2D eigenvalue weighted by Gasteiger charge is 2.57. The van der Waals surface area contributed by atoms with E-state index in [-0.39, 0.29) is 4.91 Å². The maximum absolute atomic E-state index is 15.3. The molecule has 1 aromatic heterocycles. The van der Waals surface area contributed by atoms with Gasteiger partial charge in [0.1, 0.15) is 24.3 Å². The molecule has 2 heterocycles.